The van der Waals surface area contributed by atoms with Gasteiger partial charge in [-0.25, -0.2) is 13.8 Å². The van der Waals surface area contributed by atoms with Crippen LogP contribution in [0.2, 0.25) is 0 Å². The fraction of sp³-hybridized carbons (Fsp3) is 0.278. The van der Waals surface area contributed by atoms with Crippen molar-refractivity contribution in [1.29, 1.82) is 0 Å². The summed E-state index contributed by atoms with van der Waals surface area (Å²) in [5.41, 5.74) is 0.790. The average Bonchev–Trinajstić information content (AvgIpc) is 3.08. The molecule has 0 radical (unpaired) electrons. The van der Waals surface area contributed by atoms with E-state index in [4.69, 9.17) is 4.52 Å². The molecule has 1 N–H and O–H groups in total. The minimum atomic E-state index is -0.546. The maximum atomic E-state index is 13.6. The zero-order valence-corrected chi connectivity index (χ0v) is 14.0. The Balaban J connectivity index is 1.67. The highest BCUT2D eigenvalue weighted by molar-refractivity contribution is 5.57. The molecule has 0 amide bonds. The van der Waals surface area contributed by atoms with Crippen molar-refractivity contribution in [3.05, 3.63) is 59.6 Å². The summed E-state index contributed by atoms with van der Waals surface area (Å²) in [6, 6.07) is 7.37. The van der Waals surface area contributed by atoms with Crippen molar-refractivity contribution in [2.75, 3.05) is 11.9 Å². The fourth-order valence-electron chi connectivity index (χ4n) is 2.33. The molecule has 0 spiro atoms. The monoisotopic (exact) mass is 344 g/mol. The number of pyridine rings is 1. The van der Waals surface area contributed by atoms with E-state index in [1.165, 1.54) is 18.2 Å². The Morgan fingerprint density at radius 1 is 1.16 bits per heavy atom. The molecule has 2 heterocycles. The Bertz CT molecular complexity index is 844. The van der Waals surface area contributed by atoms with E-state index in [1.807, 2.05) is 13.8 Å². The second-order valence-electron chi connectivity index (χ2n) is 5.92. The number of nitrogens with one attached hydrogen (secondary N) is 1. The van der Waals surface area contributed by atoms with Gasteiger partial charge in [0.15, 0.2) is 5.82 Å². The van der Waals surface area contributed by atoms with Gasteiger partial charge in [-0.3, -0.25) is 0 Å². The SMILES string of the molecule is CC(C)c1noc(-c2ccnc(NCCc3c(F)cccc3F)c2)n1. The molecule has 130 valence electrons. The van der Waals surface area contributed by atoms with Gasteiger partial charge in [0.05, 0.1) is 0 Å². The van der Waals surface area contributed by atoms with Crippen molar-refractivity contribution in [3.8, 4) is 11.5 Å². The third-order valence-electron chi connectivity index (χ3n) is 3.71. The normalized spacial score (nSPS) is 11.1. The number of rotatable bonds is 6. The molecule has 7 heteroatoms. The van der Waals surface area contributed by atoms with Crippen LogP contribution in [0.1, 0.15) is 31.2 Å². The summed E-state index contributed by atoms with van der Waals surface area (Å²) in [6.45, 7) is 4.31. The Labute approximate surface area is 144 Å². The molecule has 0 saturated heterocycles. The third kappa shape index (κ3) is 3.99. The van der Waals surface area contributed by atoms with Gasteiger partial charge < -0.3 is 9.84 Å². The van der Waals surface area contributed by atoms with Crippen LogP contribution in [-0.2, 0) is 6.42 Å². The lowest BCUT2D eigenvalue weighted by molar-refractivity contribution is 0.419. The maximum Gasteiger partial charge on any atom is 0.258 e. The number of aromatic nitrogens is 3. The Morgan fingerprint density at radius 3 is 2.60 bits per heavy atom. The van der Waals surface area contributed by atoms with E-state index in [2.05, 4.69) is 20.4 Å². The number of halogens is 2. The Morgan fingerprint density at radius 2 is 1.92 bits per heavy atom. The van der Waals surface area contributed by atoms with Gasteiger partial charge in [0, 0.05) is 29.8 Å². The zero-order valence-electron chi connectivity index (χ0n) is 14.0. The van der Waals surface area contributed by atoms with Gasteiger partial charge in [-0.2, -0.15) is 4.98 Å². The van der Waals surface area contributed by atoms with E-state index >= 15 is 0 Å². The van der Waals surface area contributed by atoms with E-state index in [-0.39, 0.29) is 17.9 Å². The van der Waals surface area contributed by atoms with Crippen LogP contribution in [0.25, 0.3) is 11.5 Å². The van der Waals surface area contributed by atoms with Crippen molar-refractivity contribution in [2.24, 2.45) is 0 Å². The quantitative estimate of drug-likeness (QED) is 0.726. The van der Waals surface area contributed by atoms with Crippen LogP contribution < -0.4 is 5.32 Å². The molecule has 0 aliphatic rings. The van der Waals surface area contributed by atoms with Gasteiger partial charge in [0.2, 0.25) is 0 Å². The van der Waals surface area contributed by atoms with Gasteiger partial charge in [0.1, 0.15) is 17.5 Å². The lowest BCUT2D eigenvalue weighted by Crippen LogP contribution is -2.08. The predicted octanol–water partition coefficient (Wildman–Crippen LogP) is 4.19. The van der Waals surface area contributed by atoms with Crippen molar-refractivity contribution >= 4 is 5.82 Å². The van der Waals surface area contributed by atoms with Gasteiger partial charge >= 0.3 is 0 Å². The minimum Gasteiger partial charge on any atom is -0.370 e. The molecule has 0 unspecified atom stereocenters. The molecular weight excluding hydrogens is 326 g/mol. The highest BCUT2D eigenvalue weighted by Gasteiger charge is 2.12. The van der Waals surface area contributed by atoms with E-state index in [9.17, 15) is 8.78 Å². The van der Waals surface area contributed by atoms with Crippen LogP contribution in [0.5, 0.6) is 0 Å². The largest absolute Gasteiger partial charge is 0.370 e. The van der Waals surface area contributed by atoms with Gasteiger partial charge in [-0.05, 0) is 30.7 Å². The zero-order chi connectivity index (χ0) is 17.8. The molecule has 0 aliphatic heterocycles. The summed E-state index contributed by atoms with van der Waals surface area (Å²) in [7, 11) is 0. The molecule has 25 heavy (non-hydrogen) atoms. The Kier molecular flexibility index (Phi) is 5.02. The minimum absolute atomic E-state index is 0.0598. The summed E-state index contributed by atoms with van der Waals surface area (Å²) < 4.78 is 32.5. The van der Waals surface area contributed by atoms with Crippen LogP contribution in [0.3, 0.4) is 0 Å². The molecule has 0 aliphatic carbocycles. The van der Waals surface area contributed by atoms with Gasteiger partial charge in [0.25, 0.3) is 5.89 Å². The molecule has 0 bridgehead atoms. The van der Waals surface area contributed by atoms with Crippen molar-refractivity contribution in [1.82, 2.24) is 15.1 Å². The van der Waals surface area contributed by atoms with Gasteiger partial charge in [-0.1, -0.05) is 25.1 Å². The number of anilines is 1. The fourth-order valence-corrected chi connectivity index (χ4v) is 2.33. The Hall–Kier alpha value is -2.83. The topological polar surface area (TPSA) is 63.8 Å². The summed E-state index contributed by atoms with van der Waals surface area (Å²) in [5.74, 6) is 0.697. The van der Waals surface area contributed by atoms with Crippen molar-refractivity contribution < 1.29 is 13.3 Å². The first kappa shape index (κ1) is 17.0. The van der Waals surface area contributed by atoms with Crippen LogP contribution in [0.15, 0.2) is 41.1 Å². The summed E-state index contributed by atoms with van der Waals surface area (Å²) >= 11 is 0. The average molecular weight is 344 g/mol. The highest BCUT2D eigenvalue weighted by atomic mass is 19.1. The molecule has 0 saturated carbocycles. The second kappa shape index (κ2) is 7.38. The van der Waals surface area contributed by atoms with E-state index in [1.54, 1.807) is 18.3 Å². The predicted molar refractivity (Wildman–Crippen MR) is 90.2 cm³/mol. The molecule has 3 rings (SSSR count). The van der Waals surface area contributed by atoms with Crippen LogP contribution in [0, 0.1) is 11.6 Å². The number of nitrogens with zero attached hydrogens (tertiary/aromatic N) is 3. The summed E-state index contributed by atoms with van der Waals surface area (Å²) in [5, 5.41) is 6.99. The molecule has 1 aromatic carbocycles. The summed E-state index contributed by atoms with van der Waals surface area (Å²) in [6.07, 6.45) is 1.82. The molecule has 3 aromatic rings. The van der Waals surface area contributed by atoms with Crippen LogP contribution in [-0.4, -0.2) is 21.7 Å². The third-order valence-corrected chi connectivity index (χ3v) is 3.71. The number of hydrogen-bond acceptors (Lipinski definition) is 5. The molecule has 5 nitrogen and oxygen atoms in total. The lowest BCUT2D eigenvalue weighted by atomic mass is 10.1. The number of benzene rings is 1. The number of hydrogen-bond donors (Lipinski definition) is 1. The van der Waals surface area contributed by atoms with Crippen molar-refractivity contribution in [3.63, 3.8) is 0 Å². The van der Waals surface area contributed by atoms with Crippen LogP contribution >= 0.6 is 0 Å². The maximum absolute atomic E-state index is 13.6. The molecule has 2 aromatic heterocycles. The van der Waals surface area contributed by atoms with E-state index in [0.717, 1.165) is 5.56 Å². The van der Waals surface area contributed by atoms with Crippen LogP contribution in [0.4, 0.5) is 14.6 Å². The lowest BCUT2D eigenvalue weighted by Gasteiger charge is -2.08. The first-order chi connectivity index (χ1) is 12.0. The standard InChI is InChI=1S/C18H18F2N4O/c1-11(2)17-23-18(25-24-17)12-6-8-21-16(10-12)22-9-7-13-14(19)4-3-5-15(13)20/h3-6,8,10-11H,7,9H2,1-2H3,(H,21,22). The molecular formula is C18H18F2N4O. The second-order valence-corrected chi connectivity index (χ2v) is 5.92. The van der Waals surface area contributed by atoms with E-state index < -0.39 is 11.6 Å². The first-order valence-corrected chi connectivity index (χ1v) is 8.01. The molecule has 0 fully saturated rings. The summed E-state index contributed by atoms with van der Waals surface area (Å²) in [4.78, 5) is 8.53. The first-order valence-electron chi connectivity index (χ1n) is 8.01. The van der Waals surface area contributed by atoms with Crippen molar-refractivity contribution in [2.45, 2.75) is 26.2 Å². The smallest absolute Gasteiger partial charge is 0.258 e. The van der Waals surface area contributed by atoms with Gasteiger partial charge in [-0.15, -0.1) is 0 Å². The molecule has 0 atom stereocenters. The highest BCUT2D eigenvalue weighted by Crippen LogP contribution is 2.21. The van der Waals surface area contributed by atoms with E-state index in [0.29, 0.717) is 24.1 Å².